The maximum atomic E-state index is 13.4. The highest BCUT2D eigenvalue weighted by atomic mass is 31.1. The van der Waals surface area contributed by atoms with Crippen molar-refractivity contribution >= 4 is 58.8 Å². The molecule has 1 aromatic heterocycles. The number of para-hydroxylation sites is 1. The van der Waals surface area contributed by atoms with E-state index in [1.165, 1.54) is 5.30 Å². The van der Waals surface area contributed by atoms with E-state index in [1.54, 1.807) is 24.4 Å². The Morgan fingerprint density at radius 2 is 1.55 bits per heavy atom. The molecule has 0 saturated heterocycles. The van der Waals surface area contributed by atoms with Crippen LogP contribution in [0, 0.1) is 10.8 Å². The average Bonchev–Trinajstić information content (AvgIpc) is 3.06. The van der Waals surface area contributed by atoms with Gasteiger partial charge in [-0.25, -0.2) is 9.78 Å². The lowest BCUT2D eigenvalue weighted by atomic mass is 9.90. The predicted molar refractivity (Wildman–Crippen MR) is 196 cm³/mol. The Morgan fingerprint density at radius 1 is 0.872 bits per heavy atom. The van der Waals surface area contributed by atoms with Crippen molar-refractivity contribution in [3.8, 4) is 11.6 Å². The first kappa shape index (κ1) is 33.1. The van der Waals surface area contributed by atoms with E-state index in [1.807, 2.05) is 106 Å². The summed E-state index contributed by atoms with van der Waals surface area (Å²) in [5.41, 5.74) is 2.34. The summed E-state index contributed by atoms with van der Waals surface area (Å²) in [6.45, 7) is 10.3. The molecule has 1 heterocycles. The van der Waals surface area contributed by atoms with Gasteiger partial charge in [0.2, 0.25) is 11.8 Å². The standard InChI is InChI=1S/C37H40N7O2P/c1-37(2,3)32(38)24-33(40-25-16-18-27(19-17-25)47(5)6)42-36(45)41-30-20-21-31(29-15-11-10-14-28(29)30)46-34-22-23-39-35(43-34)44(4)26-12-8-7-9-13-26/h7-24,38,40H,1-6H3,(H2,41,42,45)/b33-24+,38-32?. The highest BCUT2D eigenvalue weighted by Gasteiger charge is 2.18. The summed E-state index contributed by atoms with van der Waals surface area (Å²) in [6, 6.07) is 30.6. The zero-order valence-electron chi connectivity index (χ0n) is 27.5. The molecule has 4 N–H and O–H groups in total. The van der Waals surface area contributed by atoms with Gasteiger partial charge in [-0.15, -0.1) is 0 Å². The van der Waals surface area contributed by atoms with E-state index in [0.717, 1.165) is 22.1 Å². The molecule has 4 aromatic carbocycles. The van der Waals surface area contributed by atoms with Crippen molar-refractivity contribution in [3.05, 3.63) is 115 Å². The van der Waals surface area contributed by atoms with Crippen LogP contribution in [-0.2, 0) is 0 Å². The fourth-order valence-electron chi connectivity index (χ4n) is 4.64. The first-order valence-electron chi connectivity index (χ1n) is 15.2. The summed E-state index contributed by atoms with van der Waals surface area (Å²) in [4.78, 5) is 24.3. The third-order valence-corrected chi connectivity index (χ3v) is 8.75. The number of aromatic nitrogens is 2. The number of allylic oxidation sites excluding steroid dienone is 1. The van der Waals surface area contributed by atoms with Crippen LogP contribution in [0.5, 0.6) is 11.6 Å². The molecule has 240 valence electrons. The van der Waals surface area contributed by atoms with Crippen molar-refractivity contribution in [3.63, 3.8) is 0 Å². The Balaban J connectivity index is 1.36. The normalized spacial score (nSPS) is 11.7. The lowest BCUT2D eigenvalue weighted by Crippen LogP contribution is -2.32. The summed E-state index contributed by atoms with van der Waals surface area (Å²) >= 11 is 0. The van der Waals surface area contributed by atoms with E-state index >= 15 is 0 Å². The van der Waals surface area contributed by atoms with E-state index in [9.17, 15) is 4.79 Å². The molecule has 0 fully saturated rings. The minimum absolute atomic E-state index is 0.218. The van der Waals surface area contributed by atoms with Crippen molar-refractivity contribution in [2.45, 2.75) is 20.8 Å². The Labute approximate surface area is 277 Å². The molecule has 0 saturated carbocycles. The Morgan fingerprint density at radius 3 is 2.23 bits per heavy atom. The Bertz CT molecular complexity index is 1900. The lowest BCUT2D eigenvalue weighted by Gasteiger charge is -2.20. The zero-order valence-corrected chi connectivity index (χ0v) is 28.4. The van der Waals surface area contributed by atoms with Gasteiger partial charge in [-0.3, -0.25) is 5.32 Å². The number of nitrogens with one attached hydrogen (secondary N) is 4. The number of carbonyl (C=O) groups is 1. The first-order chi connectivity index (χ1) is 22.5. The van der Waals surface area contributed by atoms with E-state index in [0.29, 0.717) is 34.8 Å². The van der Waals surface area contributed by atoms with Gasteiger partial charge < -0.3 is 25.7 Å². The number of hydrogen-bond acceptors (Lipinski definition) is 7. The molecule has 47 heavy (non-hydrogen) atoms. The molecule has 0 bridgehead atoms. The van der Waals surface area contributed by atoms with E-state index in [-0.39, 0.29) is 7.92 Å². The molecule has 9 nitrogen and oxygen atoms in total. The number of fused-ring (bicyclic) bond motifs is 1. The monoisotopic (exact) mass is 645 g/mol. The van der Waals surface area contributed by atoms with Crippen molar-refractivity contribution in [1.82, 2.24) is 15.3 Å². The molecule has 0 aliphatic heterocycles. The van der Waals surface area contributed by atoms with Crippen LogP contribution in [0.15, 0.2) is 115 Å². The highest BCUT2D eigenvalue weighted by Crippen LogP contribution is 2.34. The number of hydrogen-bond donors (Lipinski definition) is 4. The van der Waals surface area contributed by atoms with Crippen LogP contribution in [0.3, 0.4) is 0 Å². The minimum atomic E-state index is -0.448. The number of urea groups is 1. The molecular weight excluding hydrogens is 605 g/mol. The number of rotatable bonds is 10. The summed E-state index contributed by atoms with van der Waals surface area (Å²) < 4.78 is 6.26. The van der Waals surface area contributed by atoms with Crippen molar-refractivity contribution in [2.24, 2.45) is 5.41 Å². The first-order valence-corrected chi connectivity index (χ1v) is 17.5. The zero-order chi connectivity index (χ0) is 33.6. The summed E-state index contributed by atoms with van der Waals surface area (Å²) in [6.07, 6.45) is 3.32. The SMILES string of the molecule is CN(c1ccccc1)c1nccc(Oc2ccc(NC(=O)N/C(=C/C(=N)C(C)(C)C)Nc3ccc(P(C)C)cc3)c3ccccc23)n1. The quantitative estimate of drug-likeness (QED) is 0.0892. The van der Waals surface area contributed by atoms with Gasteiger partial charge in [-0.05, 0) is 55.0 Å². The van der Waals surface area contributed by atoms with Crippen molar-refractivity contribution in [2.75, 3.05) is 35.9 Å². The second-order valence-corrected chi connectivity index (χ2v) is 14.5. The Hall–Kier alpha value is -5.27. The molecule has 0 spiro atoms. The van der Waals surface area contributed by atoms with Gasteiger partial charge in [0.1, 0.15) is 11.6 Å². The van der Waals surface area contributed by atoms with Crippen LogP contribution < -0.4 is 30.9 Å². The number of carbonyl (C=O) groups excluding carboxylic acids is 1. The number of amides is 2. The number of benzene rings is 4. The largest absolute Gasteiger partial charge is 0.438 e. The van der Waals surface area contributed by atoms with E-state index in [2.05, 4.69) is 51.4 Å². The van der Waals surface area contributed by atoms with Crippen LogP contribution >= 0.6 is 7.92 Å². The van der Waals surface area contributed by atoms with Crippen LogP contribution in [0.25, 0.3) is 10.8 Å². The predicted octanol–water partition coefficient (Wildman–Crippen LogP) is 8.70. The van der Waals surface area contributed by atoms with Crippen LogP contribution in [-0.4, -0.2) is 42.1 Å². The van der Waals surface area contributed by atoms with Crippen LogP contribution in [0.1, 0.15) is 20.8 Å². The average molecular weight is 646 g/mol. The van der Waals surface area contributed by atoms with Gasteiger partial charge in [0, 0.05) is 58.7 Å². The second-order valence-electron chi connectivity index (χ2n) is 12.2. The van der Waals surface area contributed by atoms with Crippen molar-refractivity contribution < 1.29 is 9.53 Å². The molecule has 5 aromatic rings. The van der Waals surface area contributed by atoms with Gasteiger partial charge in [0.15, 0.2) is 0 Å². The lowest BCUT2D eigenvalue weighted by molar-refractivity contribution is 0.254. The smallest absolute Gasteiger partial charge is 0.324 e. The molecular formula is C37H40N7O2P. The molecule has 0 aliphatic carbocycles. The Kier molecular flexibility index (Phi) is 10.2. The molecule has 2 amide bonds. The van der Waals surface area contributed by atoms with E-state index in [4.69, 9.17) is 10.1 Å². The maximum absolute atomic E-state index is 13.4. The molecule has 0 atom stereocenters. The molecule has 0 unspecified atom stereocenters. The highest BCUT2D eigenvalue weighted by molar-refractivity contribution is 7.64. The molecule has 0 aliphatic rings. The number of ether oxygens (including phenoxy) is 1. The summed E-state index contributed by atoms with van der Waals surface area (Å²) in [5.74, 6) is 1.88. The topological polar surface area (TPSA) is 115 Å². The van der Waals surface area contributed by atoms with Gasteiger partial charge in [-0.2, -0.15) is 4.98 Å². The van der Waals surface area contributed by atoms with Gasteiger partial charge in [-0.1, -0.05) is 83.3 Å². The van der Waals surface area contributed by atoms with Gasteiger partial charge in [0.25, 0.3) is 0 Å². The van der Waals surface area contributed by atoms with Crippen LogP contribution in [0.2, 0.25) is 0 Å². The van der Waals surface area contributed by atoms with Crippen molar-refractivity contribution in [1.29, 1.82) is 5.41 Å². The van der Waals surface area contributed by atoms with Gasteiger partial charge >= 0.3 is 6.03 Å². The second kappa shape index (κ2) is 14.4. The summed E-state index contributed by atoms with van der Waals surface area (Å²) in [5, 5.41) is 20.6. The number of anilines is 4. The van der Waals surface area contributed by atoms with Gasteiger partial charge in [0.05, 0.1) is 5.69 Å². The fraction of sp³-hybridized carbons (Fsp3) is 0.189. The third-order valence-electron chi connectivity index (χ3n) is 7.42. The summed E-state index contributed by atoms with van der Waals surface area (Å²) in [7, 11) is 1.68. The third kappa shape index (κ3) is 8.51. The molecule has 0 radical (unpaired) electrons. The fourth-order valence-corrected chi connectivity index (χ4v) is 5.38. The number of nitrogens with zero attached hydrogens (tertiary/aromatic N) is 3. The van der Waals surface area contributed by atoms with E-state index < -0.39 is 11.4 Å². The van der Waals surface area contributed by atoms with Crippen LogP contribution in [0.4, 0.5) is 27.8 Å². The minimum Gasteiger partial charge on any atom is -0.438 e. The molecule has 10 heteroatoms. The molecule has 5 rings (SSSR count). The maximum Gasteiger partial charge on any atom is 0.324 e.